The van der Waals surface area contributed by atoms with Crippen LogP contribution >= 0.6 is 0 Å². The smallest absolute Gasteiger partial charge is 0.410 e. The van der Waals surface area contributed by atoms with Gasteiger partial charge in [0.2, 0.25) is 0 Å². The third kappa shape index (κ3) is 3.50. The van der Waals surface area contributed by atoms with Gasteiger partial charge in [0.15, 0.2) is 0 Å². The first-order chi connectivity index (χ1) is 14.7. The molecule has 1 amide bonds. The Bertz CT molecular complexity index is 868. The van der Waals surface area contributed by atoms with Crippen LogP contribution in [0.3, 0.4) is 0 Å². The van der Waals surface area contributed by atoms with Gasteiger partial charge in [-0.1, -0.05) is 61.4 Å². The summed E-state index contributed by atoms with van der Waals surface area (Å²) < 4.78 is 11.6. The highest BCUT2D eigenvalue weighted by molar-refractivity contribution is 5.79. The number of nitrogens with zero attached hydrogens (tertiary/aromatic N) is 1. The van der Waals surface area contributed by atoms with Gasteiger partial charge in [-0.2, -0.15) is 0 Å². The number of rotatable bonds is 3. The average Bonchev–Trinajstić information content (AvgIpc) is 3.12. The lowest BCUT2D eigenvalue weighted by Gasteiger charge is -2.42. The third-order valence-electron chi connectivity index (χ3n) is 7.01. The van der Waals surface area contributed by atoms with Crippen molar-refractivity contribution < 1.29 is 19.4 Å². The largest absolute Gasteiger partial charge is 0.448 e. The van der Waals surface area contributed by atoms with Gasteiger partial charge in [0.1, 0.15) is 6.61 Å². The summed E-state index contributed by atoms with van der Waals surface area (Å²) in [5.74, 6) is 0.126. The van der Waals surface area contributed by atoms with Gasteiger partial charge in [-0.15, -0.1) is 0 Å². The number of amides is 1. The van der Waals surface area contributed by atoms with Gasteiger partial charge >= 0.3 is 6.09 Å². The van der Waals surface area contributed by atoms with E-state index in [1.54, 1.807) is 4.90 Å². The van der Waals surface area contributed by atoms with Crippen LogP contribution in [0.5, 0.6) is 0 Å². The standard InChI is InChI=1S/C25H29NO4/c27-24-12-6-5-11-21(24)23-16-29-14-13-26(23)25(28)30-15-22-19-9-3-1-7-17(19)18-8-2-4-10-20(18)22/h1-4,7-10,21-24,27H,5-6,11-16H2. The first-order valence-corrected chi connectivity index (χ1v) is 11.1. The number of aliphatic hydroxyl groups is 1. The lowest BCUT2D eigenvalue weighted by Crippen LogP contribution is -2.55. The summed E-state index contributed by atoms with van der Waals surface area (Å²) in [5.41, 5.74) is 4.88. The molecule has 1 N–H and O–H groups in total. The Morgan fingerprint density at radius 2 is 1.70 bits per heavy atom. The first kappa shape index (κ1) is 19.6. The van der Waals surface area contributed by atoms with Crippen molar-refractivity contribution in [1.82, 2.24) is 4.90 Å². The Morgan fingerprint density at radius 3 is 2.40 bits per heavy atom. The molecule has 0 radical (unpaired) electrons. The van der Waals surface area contributed by atoms with E-state index < -0.39 is 0 Å². The van der Waals surface area contributed by atoms with Crippen molar-refractivity contribution in [2.45, 2.75) is 43.7 Å². The highest BCUT2D eigenvalue weighted by Gasteiger charge is 2.39. The third-order valence-corrected chi connectivity index (χ3v) is 7.01. The zero-order valence-corrected chi connectivity index (χ0v) is 17.2. The van der Waals surface area contributed by atoms with Gasteiger partial charge in [-0.25, -0.2) is 4.79 Å². The van der Waals surface area contributed by atoms with E-state index in [1.165, 1.54) is 22.3 Å². The second kappa shape index (κ2) is 8.40. The number of benzene rings is 2. The SMILES string of the molecule is O=C(OCC1c2ccccc2-c2ccccc21)N1CCOCC1C1CCCCC1O. The van der Waals surface area contributed by atoms with Gasteiger partial charge in [0.25, 0.3) is 0 Å². The topological polar surface area (TPSA) is 59.0 Å². The molecule has 3 unspecified atom stereocenters. The van der Waals surface area contributed by atoms with Crippen LogP contribution in [0, 0.1) is 5.92 Å². The van der Waals surface area contributed by atoms with Crippen molar-refractivity contribution in [3.63, 3.8) is 0 Å². The molecule has 3 aliphatic rings. The number of carbonyl (C=O) groups is 1. The number of morpholine rings is 1. The second-order valence-electron chi connectivity index (χ2n) is 8.66. The van der Waals surface area contributed by atoms with E-state index in [-0.39, 0.29) is 30.1 Å². The van der Waals surface area contributed by atoms with Crippen molar-refractivity contribution in [2.75, 3.05) is 26.4 Å². The number of hydrogen-bond acceptors (Lipinski definition) is 4. The molecule has 0 bridgehead atoms. The van der Waals surface area contributed by atoms with Crippen molar-refractivity contribution in [2.24, 2.45) is 5.92 Å². The number of aliphatic hydroxyl groups excluding tert-OH is 1. The summed E-state index contributed by atoms with van der Waals surface area (Å²) >= 11 is 0. The second-order valence-corrected chi connectivity index (χ2v) is 8.66. The van der Waals surface area contributed by atoms with Crippen LogP contribution in [0.2, 0.25) is 0 Å². The Hall–Kier alpha value is -2.37. The molecule has 158 valence electrons. The Kier molecular flexibility index (Phi) is 5.48. The Balaban J connectivity index is 1.32. The maximum absolute atomic E-state index is 13.1. The van der Waals surface area contributed by atoms with Crippen LogP contribution in [0.25, 0.3) is 11.1 Å². The first-order valence-electron chi connectivity index (χ1n) is 11.1. The molecule has 0 aromatic heterocycles. The van der Waals surface area contributed by atoms with E-state index in [4.69, 9.17) is 9.47 Å². The molecule has 2 fully saturated rings. The van der Waals surface area contributed by atoms with Gasteiger partial charge in [0.05, 0.1) is 25.4 Å². The van der Waals surface area contributed by atoms with Crippen LogP contribution in [0.1, 0.15) is 42.7 Å². The fraction of sp³-hybridized carbons (Fsp3) is 0.480. The molecule has 1 saturated carbocycles. The summed E-state index contributed by atoms with van der Waals surface area (Å²) in [4.78, 5) is 14.9. The molecule has 3 atom stereocenters. The summed E-state index contributed by atoms with van der Waals surface area (Å²) in [6.07, 6.45) is 3.23. The lowest BCUT2D eigenvalue weighted by molar-refractivity contribution is -0.0628. The predicted molar refractivity (Wildman–Crippen MR) is 114 cm³/mol. The van der Waals surface area contributed by atoms with Crippen LogP contribution < -0.4 is 0 Å². The summed E-state index contributed by atoms with van der Waals surface area (Å²) in [6, 6.07) is 16.6. The molecular weight excluding hydrogens is 378 g/mol. The summed E-state index contributed by atoms with van der Waals surface area (Å²) in [6.45, 7) is 1.84. The average molecular weight is 408 g/mol. The van der Waals surface area contributed by atoms with Crippen LogP contribution in [-0.4, -0.2) is 54.6 Å². The Labute approximate surface area is 177 Å². The molecule has 5 rings (SSSR count). The van der Waals surface area contributed by atoms with E-state index in [0.717, 1.165) is 25.7 Å². The minimum Gasteiger partial charge on any atom is -0.448 e. The summed E-state index contributed by atoms with van der Waals surface area (Å²) in [7, 11) is 0. The fourth-order valence-corrected chi connectivity index (χ4v) is 5.47. The van der Waals surface area contributed by atoms with Gasteiger partial charge < -0.3 is 19.5 Å². The van der Waals surface area contributed by atoms with E-state index in [0.29, 0.717) is 26.4 Å². The molecule has 5 nitrogen and oxygen atoms in total. The van der Waals surface area contributed by atoms with E-state index >= 15 is 0 Å². The van der Waals surface area contributed by atoms with Crippen LogP contribution in [-0.2, 0) is 9.47 Å². The molecule has 5 heteroatoms. The zero-order chi connectivity index (χ0) is 20.5. The maximum Gasteiger partial charge on any atom is 0.410 e. The maximum atomic E-state index is 13.1. The van der Waals surface area contributed by atoms with E-state index in [9.17, 15) is 9.90 Å². The number of hydrogen-bond donors (Lipinski definition) is 1. The zero-order valence-electron chi connectivity index (χ0n) is 17.2. The van der Waals surface area contributed by atoms with Gasteiger partial charge in [-0.05, 0) is 35.1 Å². The minimum absolute atomic E-state index is 0.0566. The molecule has 2 aromatic carbocycles. The quantitative estimate of drug-likeness (QED) is 0.829. The lowest BCUT2D eigenvalue weighted by atomic mass is 9.81. The minimum atomic E-state index is -0.366. The molecule has 2 aromatic rings. The van der Waals surface area contributed by atoms with Crippen LogP contribution in [0.15, 0.2) is 48.5 Å². The molecule has 1 saturated heterocycles. The molecule has 2 aliphatic carbocycles. The van der Waals surface area contributed by atoms with Crippen LogP contribution in [0.4, 0.5) is 4.79 Å². The van der Waals surface area contributed by atoms with E-state index in [1.807, 2.05) is 12.1 Å². The predicted octanol–water partition coefficient (Wildman–Crippen LogP) is 4.19. The number of ether oxygens (including phenoxy) is 2. The normalized spacial score (nSPS) is 26.2. The fourth-order valence-electron chi connectivity index (χ4n) is 5.47. The van der Waals surface area contributed by atoms with Crippen molar-refractivity contribution >= 4 is 6.09 Å². The van der Waals surface area contributed by atoms with E-state index in [2.05, 4.69) is 36.4 Å². The van der Waals surface area contributed by atoms with Crippen molar-refractivity contribution in [1.29, 1.82) is 0 Å². The number of fused-ring (bicyclic) bond motifs is 3. The molecule has 1 heterocycles. The van der Waals surface area contributed by atoms with Crippen molar-refractivity contribution in [3.8, 4) is 11.1 Å². The molecule has 30 heavy (non-hydrogen) atoms. The Morgan fingerprint density at radius 1 is 1.03 bits per heavy atom. The van der Waals surface area contributed by atoms with Gasteiger partial charge in [0, 0.05) is 18.4 Å². The highest BCUT2D eigenvalue weighted by atomic mass is 16.6. The molecular formula is C25H29NO4. The highest BCUT2D eigenvalue weighted by Crippen LogP contribution is 2.44. The molecule has 0 spiro atoms. The number of carbonyl (C=O) groups excluding carboxylic acids is 1. The van der Waals surface area contributed by atoms with Crippen molar-refractivity contribution in [3.05, 3.63) is 59.7 Å². The monoisotopic (exact) mass is 407 g/mol. The van der Waals surface area contributed by atoms with Gasteiger partial charge in [-0.3, -0.25) is 0 Å². The molecule has 1 aliphatic heterocycles. The summed E-state index contributed by atoms with van der Waals surface area (Å²) in [5, 5.41) is 10.5.